The van der Waals surface area contributed by atoms with Gasteiger partial charge in [0.25, 0.3) is 5.91 Å². The number of piperazine rings is 1. The number of para-hydroxylation sites is 1. The monoisotopic (exact) mass is 1090 g/mol. The van der Waals surface area contributed by atoms with Gasteiger partial charge in [0.15, 0.2) is 17.2 Å². The molecule has 5 fully saturated rings. The zero-order valence-electron chi connectivity index (χ0n) is 44.9. The summed E-state index contributed by atoms with van der Waals surface area (Å²) in [6, 6.07) is 22.2. The van der Waals surface area contributed by atoms with Crippen LogP contribution in [0.4, 0.5) is 16.0 Å². The van der Waals surface area contributed by atoms with Crippen molar-refractivity contribution >= 4 is 46.1 Å². The largest absolute Gasteiger partial charge is 0.507 e. The lowest BCUT2D eigenvalue weighted by Crippen LogP contribution is -2.58. The molecule has 5 aliphatic rings. The van der Waals surface area contributed by atoms with E-state index < -0.39 is 24.0 Å². The van der Waals surface area contributed by atoms with Crippen molar-refractivity contribution in [2.75, 3.05) is 42.5 Å². The number of aromatic hydroxyl groups is 1. The number of hydrogen-bond acceptors (Lipinski definition) is 14. The average Bonchev–Trinajstić information content (AvgIpc) is 4.31. The summed E-state index contributed by atoms with van der Waals surface area (Å²) in [7, 11) is 0. The van der Waals surface area contributed by atoms with Gasteiger partial charge in [-0.2, -0.15) is 5.48 Å². The number of H-pyrrole nitrogens is 1. The molecule has 2 saturated carbocycles. The van der Waals surface area contributed by atoms with E-state index in [4.69, 9.17) is 30.9 Å². The van der Waals surface area contributed by atoms with Gasteiger partial charge in [-0.1, -0.05) is 80.0 Å². The molecule has 19 heteroatoms. The molecule has 4 aromatic heterocycles. The summed E-state index contributed by atoms with van der Waals surface area (Å²) < 4.78 is 20.3. The topological polar surface area (TPSA) is 202 Å². The molecule has 2 unspecified atom stereocenters. The van der Waals surface area contributed by atoms with Gasteiger partial charge in [0.05, 0.1) is 17.5 Å². The molecule has 7 heterocycles. The lowest BCUT2D eigenvalue weighted by molar-refractivity contribution is -0.143. The van der Waals surface area contributed by atoms with Crippen molar-refractivity contribution in [2.24, 2.45) is 11.3 Å². The molecule has 3 aromatic carbocycles. The molecule has 3 saturated heterocycles. The maximum absolute atomic E-state index is 14.4. The third kappa shape index (κ3) is 10.0. The minimum atomic E-state index is -0.992. The van der Waals surface area contributed by atoms with E-state index >= 15 is 0 Å². The predicted molar refractivity (Wildman–Crippen MR) is 298 cm³/mol. The van der Waals surface area contributed by atoms with Crippen molar-refractivity contribution in [1.29, 1.82) is 0 Å². The smallest absolute Gasteiger partial charge is 0.275 e. The number of hydroxylamine groups is 1. The van der Waals surface area contributed by atoms with Crippen LogP contribution in [0.2, 0.25) is 5.02 Å². The Morgan fingerprint density at radius 3 is 2.37 bits per heavy atom. The zero-order valence-corrected chi connectivity index (χ0v) is 45.7. The summed E-state index contributed by atoms with van der Waals surface area (Å²) in [6.07, 6.45) is 12.5. The van der Waals surface area contributed by atoms with E-state index in [-0.39, 0.29) is 65.5 Å². The number of hydrogen-bond donors (Lipinski definition) is 4. The Balaban J connectivity index is 0.616. The fourth-order valence-corrected chi connectivity index (χ4v) is 13.9. The van der Waals surface area contributed by atoms with E-state index in [1.165, 1.54) is 16.5 Å². The molecule has 7 aromatic rings. The molecule has 1 spiro atoms. The van der Waals surface area contributed by atoms with Gasteiger partial charge in [-0.25, -0.2) is 14.4 Å². The Morgan fingerprint density at radius 1 is 0.937 bits per heavy atom. The van der Waals surface area contributed by atoms with Crippen LogP contribution in [0.1, 0.15) is 114 Å². The maximum Gasteiger partial charge on any atom is 0.275 e. The lowest BCUT2D eigenvalue weighted by atomic mass is 9.49. The molecule has 2 aliphatic carbocycles. The molecule has 4 N–H and O–H groups in total. The number of anilines is 2. The first kappa shape index (κ1) is 52.5. The molecule has 0 radical (unpaired) electrons. The van der Waals surface area contributed by atoms with Crippen LogP contribution >= 0.6 is 11.6 Å². The van der Waals surface area contributed by atoms with Gasteiger partial charge in [-0.05, 0) is 130 Å². The first-order valence-electron chi connectivity index (χ1n) is 27.9. The van der Waals surface area contributed by atoms with E-state index in [1.807, 2.05) is 38.2 Å². The van der Waals surface area contributed by atoms with E-state index in [1.54, 1.807) is 54.6 Å². The van der Waals surface area contributed by atoms with E-state index in [0.717, 1.165) is 88.1 Å². The van der Waals surface area contributed by atoms with Gasteiger partial charge in [-0.3, -0.25) is 9.59 Å². The molecule has 2 amide bonds. The number of aliphatic hydroxyl groups is 1. The Labute approximate surface area is 463 Å². The normalized spacial score (nSPS) is 24.9. The molecular formula is C60H67ClFN11O6. The number of rotatable bonds is 14. The van der Waals surface area contributed by atoms with Crippen molar-refractivity contribution in [2.45, 2.75) is 127 Å². The predicted octanol–water partition coefficient (Wildman–Crippen LogP) is 9.78. The number of piperidine rings is 1. The molecule has 17 nitrogen and oxygen atoms in total. The third-order valence-corrected chi connectivity index (χ3v) is 18.1. The van der Waals surface area contributed by atoms with Crippen LogP contribution in [0.3, 0.4) is 0 Å². The molecule has 12 rings (SSSR count). The number of phenols is 1. The fraction of sp³-hybridized carbons (Fsp3) is 0.450. The lowest BCUT2D eigenvalue weighted by Gasteiger charge is -2.60. The number of halogens is 2. The van der Waals surface area contributed by atoms with Gasteiger partial charge in [0, 0.05) is 85.2 Å². The molecule has 79 heavy (non-hydrogen) atoms. The van der Waals surface area contributed by atoms with Crippen LogP contribution in [0.25, 0.3) is 33.4 Å². The highest BCUT2D eigenvalue weighted by atomic mass is 35.5. The Hall–Kier alpha value is -7.15. The minimum Gasteiger partial charge on any atom is -0.507 e. The Bertz CT molecular complexity index is 3330. The minimum absolute atomic E-state index is 0.0300. The van der Waals surface area contributed by atoms with Crippen LogP contribution in [0, 0.1) is 17.2 Å². The molecule has 5 atom stereocenters. The number of phenolic OH excluding ortho intramolecular Hbond substituents is 1. The number of nitrogens with one attached hydrogen (secondary N) is 2. The number of aromatic nitrogens is 6. The first-order valence-corrected chi connectivity index (χ1v) is 28.3. The fourth-order valence-electron chi connectivity index (χ4n) is 13.6. The van der Waals surface area contributed by atoms with Crippen molar-refractivity contribution in [3.63, 3.8) is 0 Å². The SMILES string of the molecule is CCC1CN(c2c[nH]c3nnc(-c4ccccc4O)cc23)CC(C)N1c1ncc(C2CCN(C3CC4(CC(c5noc([C@H](C(=O)N6C[C@H](O)C[C@H]6C(=O)NOc6ccc(-c7ccccc7F)cc6)C(C)C)c5Cl)C4)C3)CC2)cn1. The highest BCUT2D eigenvalue weighted by molar-refractivity contribution is 6.32. The molecular weight excluding hydrogens is 1030 g/mol. The highest BCUT2D eigenvalue weighted by Gasteiger charge is 2.56. The van der Waals surface area contributed by atoms with Gasteiger partial charge in [0.2, 0.25) is 11.9 Å². The van der Waals surface area contributed by atoms with E-state index in [0.29, 0.717) is 56.5 Å². The summed E-state index contributed by atoms with van der Waals surface area (Å²) >= 11 is 7.10. The van der Waals surface area contributed by atoms with Gasteiger partial charge >= 0.3 is 0 Å². The number of nitrogens with zero attached hydrogens (tertiary/aromatic N) is 9. The summed E-state index contributed by atoms with van der Waals surface area (Å²) in [5.41, 5.74) is 8.76. The van der Waals surface area contributed by atoms with Gasteiger partial charge in [0.1, 0.15) is 34.2 Å². The van der Waals surface area contributed by atoms with E-state index in [2.05, 4.69) is 66.8 Å². The van der Waals surface area contributed by atoms with Gasteiger partial charge in [-0.15, -0.1) is 10.2 Å². The first-order chi connectivity index (χ1) is 38.2. The number of fused-ring (bicyclic) bond motifs is 1. The average molecular weight is 1090 g/mol. The number of amides is 2. The van der Waals surface area contributed by atoms with Crippen LogP contribution < -0.4 is 20.1 Å². The molecule has 3 aliphatic heterocycles. The highest BCUT2D eigenvalue weighted by Crippen LogP contribution is 2.64. The van der Waals surface area contributed by atoms with Crippen LogP contribution in [0.5, 0.6) is 11.5 Å². The van der Waals surface area contributed by atoms with Crippen molar-refractivity contribution in [3.8, 4) is 33.9 Å². The van der Waals surface area contributed by atoms with Gasteiger partial charge < -0.3 is 44.2 Å². The second-order valence-electron chi connectivity index (χ2n) is 23.1. The molecule has 0 bridgehead atoms. The van der Waals surface area contributed by atoms with Crippen LogP contribution in [-0.4, -0.2) is 125 Å². The summed E-state index contributed by atoms with van der Waals surface area (Å²) in [5.74, 6) is -0.268. The quantitative estimate of drug-likeness (QED) is 0.0750. The number of aromatic amines is 1. The number of likely N-dealkylation sites (tertiary alicyclic amines) is 2. The number of benzene rings is 3. The second kappa shape index (κ2) is 21.5. The number of β-amino-alcohol motifs (C(OH)–C–C–N with tert-alkyl or cyclic N) is 1. The summed E-state index contributed by atoms with van der Waals surface area (Å²) in [4.78, 5) is 55.7. The Kier molecular flexibility index (Phi) is 14.3. The van der Waals surface area contributed by atoms with Crippen molar-refractivity contribution < 1.29 is 33.6 Å². The maximum atomic E-state index is 14.4. The Morgan fingerprint density at radius 2 is 1.66 bits per heavy atom. The van der Waals surface area contributed by atoms with Crippen LogP contribution in [0.15, 0.2) is 102 Å². The number of carbonyl (C=O) groups is 2. The summed E-state index contributed by atoms with van der Waals surface area (Å²) in [6.45, 7) is 11.9. The zero-order chi connectivity index (χ0) is 54.7. The van der Waals surface area contributed by atoms with Crippen molar-refractivity contribution in [1.82, 2.24) is 45.6 Å². The number of carbonyl (C=O) groups excluding carboxylic acids is 2. The van der Waals surface area contributed by atoms with Crippen LogP contribution in [-0.2, 0) is 9.59 Å². The number of aliphatic hydroxyl groups excluding tert-OH is 1. The van der Waals surface area contributed by atoms with Crippen molar-refractivity contribution in [3.05, 3.63) is 125 Å². The standard InChI is InChI=1S/C60H67ClFN11O6/c1-5-40-32-71(50-30-63-56-46(50)23-48(66-67-56)45-11-7-9-13-51(45)75)31-35(4)73(40)59-64-28-39(29-65-59)36-18-20-70(21-19-36)41-26-60(27-41)24-38(25-60)54-53(61)55(79-68-54)52(34(2)3)58(77)72-33-42(74)22-49(72)57(76)69-78-43-16-14-37(15-17-43)44-10-6-8-12-47(44)62/h6-17,23,28-30,34-36,38,40-42,49,52,74-75H,5,18-22,24-27,31-33H2,1-4H3,(H,63,67)(H,69,76)/t35?,38?,40?,41?,42-,49+,52-,60?/m1/s1. The third-order valence-electron chi connectivity index (χ3n) is 17.8. The second-order valence-corrected chi connectivity index (χ2v) is 23.5. The summed E-state index contributed by atoms with van der Waals surface area (Å²) in [5, 5.41) is 35.9. The van der Waals surface area contributed by atoms with E-state index in [9.17, 15) is 24.2 Å². The molecule has 412 valence electrons.